The highest BCUT2D eigenvalue weighted by Crippen LogP contribution is 2.14. The Kier molecular flexibility index (Phi) is 5.34. The van der Waals surface area contributed by atoms with E-state index in [0.29, 0.717) is 24.5 Å². The summed E-state index contributed by atoms with van der Waals surface area (Å²) in [5.74, 6) is 6.51. The summed E-state index contributed by atoms with van der Waals surface area (Å²) < 4.78 is 5.64. The molecule has 1 N–H and O–H groups in total. The number of aliphatic hydroxyl groups is 1. The first-order chi connectivity index (χ1) is 10.3. The van der Waals surface area contributed by atoms with Crippen LogP contribution in [0.1, 0.15) is 23.2 Å². The number of rotatable bonds is 4. The van der Waals surface area contributed by atoms with E-state index in [-0.39, 0.29) is 6.61 Å². The fourth-order valence-electron chi connectivity index (χ4n) is 1.67. The molecule has 0 spiro atoms. The Morgan fingerprint density at radius 3 is 2.71 bits per heavy atom. The van der Waals surface area contributed by atoms with Gasteiger partial charge in [-0.15, -0.1) is 0 Å². The topological polar surface area (TPSA) is 66.1 Å². The van der Waals surface area contributed by atoms with E-state index in [1.807, 2.05) is 36.4 Å². The van der Waals surface area contributed by atoms with E-state index < -0.39 is 0 Å². The minimum Gasteiger partial charge on any atom is -0.489 e. The molecule has 0 aliphatic heterocycles. The highest BCUT2D eigenvalue weighted by atomic mass is 16.5. The van der Waals surface area contributed by atoms with Crippen molar-refractivity contribution in [2.24, 2.45) is 0 Å². The molecule has 0 fully saturated rings. The molecule has 4 heteroatoms. The summed E-state index contributed by atoms with van der Waals surface area (Å²) in [4.78, 5) is 3.99. The fraction of sp³-hybridized carbons (Fsp3) is 0.176. The van der Waals surface area contributed by atoms with Gasteiger partial charge in [-0.25, -0.2) is 4.98 Å². The minimum atomic E-state index is 0.0700. The zero-order chi connectivity index (χ0) is 14.9. The second-order valence-corrected chi connectivity index (χ2v) is 4.21. The molecule has 1 heterocycles. The third-order valence-corrected chi connectivity index (χ3v) is 2.72. The van der Waals surface area contributed by atoms with Crippen molar-refractivity contribution in [2.45, 2.75) is 13.0 Å². The molecule has 2 aromatic rings. The van der Waals surface area contributed by atoms with Gasteiger partial charge in [-0.1, -0.05) is 17.9 Å². The Labute approximate surface area is 123 Å². The molecular weight excluding hydrogens is 264 g/mol. The number of benzene rings is 1. The number of hydrogen-bond donors (Lipinski definition) is 1. The summed E-state index contributed by atoms with van der Waals surface area (Å²) in [6, 6.07) is 13.0. The van der Waals surface area contributed by atoms with Crippen LogP contribution >= 0.6 is 0 Å². The monoisotopic (exact) mass is 278 g/mol. The molecule has 0 atom stereocenters. The Morgan fingerprint density at radius 1 is 1.19 bits per heavy atom. The normalized spacial score (nSPS) is 9.33. The molecule has 1 aromatic carbocycles. The molecule has 4 nitrogen and oxygen atoms in total. The molecule has 0 saturated carbocycles. The van der Waals surface area contributed by atoms with E-state index in [1.54, 1.807) is 12.3 Å². The Hall–Kier alpha value is -2.82. The van der Waals surface area contributed by atoms with Crippen molar-refractivity contribution in [1.82, 2.24) is 4.98 Å². The molecule has 0 aliphatic carbocycles. The summed E-state index contributed by atoms with van der Waals surface area (Å²) >= 11 is 0. The van der Waals surface area contributed by atoms with Gasteiger partial charge in [0.15, 0.2) is 0 Å². The van der Waals surface area contributed by atoms with Crippen LogP contribution in [0.4, 0.5) is 0 Å². The number of nitriles is 1. The van der Waals surface area contributed by atoms with Crippen LogP contribution in [0.3, 0.4) is 0 Å². The molecule has 0 radical (unpaired) electrons. The Balaban J connectivity index is 1.98. The molecule has 2 rings (SSSR count). The predicted molar refractivity (Wildman–Crippen MR) is 78.3 cm³/mol. The van der Waals surface area contributed by atoms with Crippen LogP contribution in [-0.4, -0.2) is 16.7 Å². The lowest BCUT2D eigenvalue weighted by Gasteiger charge is -2.07. The lowest BCUT2D eigenvalue weighted by molar-refractivity contribution is 0.305. The number of hydrogen-bond acceptors (Lipinski definition) is 4. The van der Waals surface area contributed by atoms with Gasteiger partial charge < -0.3 is 9.84 Å². The summed E-state index contributed by atoms with van der Waals surface area (Å²) in [6.45, 7) is 0.368. The molecule has 0 unspecified atom stereocenters. The van der Waals surface area contributed by atoms with E-state index in [2.05, 4.69) is 16.8 Å². The molecule has 21 heavy (non-hydrogen) atoms. The van der Waals surface area contributed by atoms with Crippen LogP contribution in [0.2, 0.25) is 0 Å². The van der Waals surface area contributed by atoms with Crippen LogP contribution in [0, 0.1) is 23.2 Å². The highest BCUT2D eigenvalue weighted by Gasteiger charge is 2.03. The van der Waals surface area contributed by atoms with Crippen molar-refractivity contribution >= 4 is 0 Å². The first-order valence-electron chi connectivity index (χ1n) is 6.50. The van der Waals surface area contributed by atoms with Crippen molar-refractivity contribution in [3.63, 3.8) is 0 Å². The van der Waals surface area contributed by atoms with Crippen molar-refractivity contribution in [3.8, 4) is 23.7 Å². The van der Waals surface area contributed by atoms with E-state index in [1.165, 1.54) is 0 Å². The van der Waals surface area contributed by atoms with Gasteiger partial charge >= 0.3 is 0 Å². The average molecular weight is 278 g/mol. The predicted octanol–water partition coefficient (Wildman–Crippen LogP) is 2.27. The van der Waals surface area contributed by atoms with Gasteiger partial charge in [0, 0.05) is 23.7 Å². The van der Waals surface area contributed by atoms with Crippen molar-refractivity contribution in [3.05, 3.63) is 59.4 Å². The van der Waals surface area contributed by atoms with Crippen LogP contribution in [0.25, 0.3) is 0 Å². The maximum Gasteiger partial charge on any atom is 0.147 e. The van der Waals surface area contributed by atoms with Gasteiger partial charge in [-0.05, 0) is 30.3 Å². The SMILES string of the molecule is N#Cc1ncccc1COc1ccc(C#CCCO)cc1. The standard InChI is InChI=1S/C17H14N2O2/c18-12-17-15(5-3-10-19-17)13-21-16-8-6-14(7-9-16)4-1-2-11-20/h3,5-10,20H,2,11,13H2. The Bertz CT molecular complexity index is 691. The number of aliphatic hydroxyl groups excluding tert-OH is 1. The third kappa shape index (κ3) is 4.35. The summed E-state index contributed by atoms with van der Waals surface area (Å²) in [5, 5.41) is 17.6. The van der Waals surface area contributed by atoms with Crippen LogP contribution in [-0.2, 0) is 6.61 Å². The average Bonchev–Trinajstić information content (AvgIpc) is 2.54. The van der Waals surface area contributed by atoms with E-state index in [0.717, 1.165) is 11.1 Å². The molecule has 0 amide bonds. The first kappa shape index (κ1) is 14.6. The molecular formula is C17H14N2O2. The third-order valence-electron chi connectivity index (χ3n) is 2.72. The second-order valence-electron chi connectivity index (χ2n) is 4.21. The second kappa shape index (κ2) is 7.69. The number of nitrogens with zero attached hydrogens (tertiary/aromatic N) is 2. The molecule has 0 bridgehead atoms. The van der Waals surface area contributed by atoms with Crippen molar-refractivity contribution in [2.75, 3.05) is 6.61 Å². The Morgan fingerprint density at radius 2 is 2.00 bits per heavy atom. The maximum atomic E-state index is 8.95. The van der Waals surface area contributed by atoms with Gasteiger partial charge in [0.1, 0.15) is 24.1 Å². The molecule has 104 valence electrons. The summed E-state index contributed by atoms with van der Waals surface area (Å²) in [6.07, 6.45) is 2.05. The largest absolute Gasteiger partial charge is 0.489 e. The van der Waals surface area contributed by atoms with Gasteiger partial charge in [-0.2, -0.15) is 5.26 Å². The summed E-state index contributed by atoms with van der Waals surface area (Å²) in [5.41, 5.74) is 2.01. The number of aromatic nitrogens is 1. The van der Waals surface area contributed by atoms with Crippen molar-refractivity contribution in [1.29, 1.82) is 5.26 Å². The van der Waals surface area contributed by atoms with Gasteiger partial charge in [0.2, 0.25) is 0 Å². The summed E-state index contributed by atoms with van der Waals surface area (Å²) in [7, 11) is 0. The zero-order valence-corrected chi connectivity index (χ0v) is 11.4. The van der Waals surface area contributed by atoms with Crippen LogP contribution in [0.15, 0.2) is 42.6 Å². The zero-order valence-electron chi connectivity index (χ0n) is 11.4. The minimum absolute atomic E-state index is 0.0700. The lowest BCUT2D eigenvalue weighted by Crippen LogP contribution is -1.99. The van der Waals surface area contributed by atoms with Crippen LogP contribution in [0.5, 0.6) is 5.75 Å². The first-order valence-corrected chi connectivity index (χ1v) is 6.50. The molecule has 1 aromatic heterocycles. The van der Waals surface area contributed by atoms with E-state index >= 15 is 0 Å². The van der Waals surface area contributed by atoms with Crippen molar-refractivity contribution < 1.29 is 9.84 Å². The number of pyridine rings is 1. The highest BCUT2D eigenvalue weighted by molar-refractivity contribution is 5.38. The van der Waals surface area contributed by atoms with E-state index in [9.17, 15) is 0 Å². The van der Waals surface area contributed by atoms with E-state index in [4.69, 9.17) is 15.1 Å². The van der Waals surface area contributed by atoms with Gasteiger partial charge in [0.25, 0.3) is 0 Å². The van der Waals surface area contributed by atoms with Gasteiger partial charge in [0.05, 0.1) is 6.61 Å². The fourth-order valence-corrected chi connectivity index (χ4v) is 1.67. The quantitative estimate of drug-likeness (QED) is 0.871. The van der Waals surface area contributed by atoms with Crippen LogP contribution < -0.4 is 4.74 Å². The number of ether oxygens (including phenoxy) is 1. The lowest BCUT2D eigenvalue weighted by atomic mass is 10.2. The van der Waals surface area contributed by atoms with Gasteiger partial charge in [-0.3, -0.25) is 0 Å². The maximum absolute atomic E-state index is 8.95. The molecule has 0 aliphatic rings. The molecule has 0 saturated heterocycles. The smallest absolute Gasteiger partial charge is 0.147 e.